The summed E-state index contributed by atoms with van der Waals surface area (Å²) in [7, 11) is 0. The molecule has 0 bridgehead atoms. The number of hydrogen-bond acceptors (Lipinski definition) is 4. The molecule has 4 nitrogen and oxygen atoms in total. The van der Waals surface area contributed by atoms with E-state index in [2.05, 4.69) is 11.4 Å². The summed E-state index contributed by atoms with van der Waals surface area (Å²) in [6, 6.07) is 27.3. The van der Waals surface area contributed by atoms with Crippen molar-refractivity contribution >= 4 is 35.0 Å². The molecule has 174 valence electrons. The predicted octanol–water partition coefficient (Wildman–Crippen LogP) is 7.68. The van der Waals surface area contributed by atoms with Crippen LogP contribution in [0.15, 0.2) is 83.9 Å². The van der Waals surface area contributed by atoms with Crippen LogP contribution in [0.2, 0.25) is 5.02 Å². The molecule has 0 saturated carbocycles. The first-order valence-electron chi connectivity index (χ1n) is 11.2. The molecule has 4 aromatic rings. The van der Waals surface area contributed by atoms with Crippen molar-refractivity contribution in [1.29, 1.82) is 5.26 Å². The van der Waals surface area contributed by atoms with Gasteiger partial charge in [-0.05, 0) is 44.5 Å². The maximum absolute atomic E-state index is 13.0. The minimum Gasteiger partial charge on any atom is -0.325 e. The largest absolute Gasteiger partial charge is 0.325 e. The Balaban J connectivity index is 1.77. The SMILES string of the molecule is Cc1ccc(-c2cc(-c3ccccc3Cl)c(C#N)c(SC(C)C(=O)Nc3ccccc3C)n2)cc1. The molecular formula is C29H24ClN3OS. The number of anilines is 1. The van der Waals surface area contributed by atoms with Crippen LogP contribution in [0, 0.1) is 25.2 Å². The number of nitriles is 1. The normalized spacial score (nSPS) is 11.5. The maximum atomic E-state index is 13.0. The molecule has 0 aliphatic rings. The lowest BCUT2D eigenvalue weighted by molar-refractivity contribution is -0.115. The number of benzene rings is 3. The monoisotopic (exact) mass is 497 g/mol. The van der Waals surface area contributed by atoms with Gasteiger partial charge in [-0.3, -0.25) is 4.79 Å². The van der Waals surface area contributed by atoms with Crippen molar-refractivity contribution in [3.63, 3.8) is 0 Å². The van der Waals surface area contributed by atoms with E-state index in [4.69, 9.17) is 16.6 Å². The molecule has 3 aromatic carbocycles. The van der Waals surface area contributed by atoms with Crippen molar-refractivity contribution in [1.82, 2.24) is 4.98 Å². The van der Waals surface area contributed by atoms with Crippen LogP contribution in [0.3, 0.4) is 0 Å². The van der Waals surface area contributed by atoms with Gasteiger partial charge in [-0.1, -0.05) is 89.6 Å². The molecule has 4 rings (SSSR count). The van der Waals surface area contributed by atoms with E-state index >= 15 is 0 Å². The number of nitrogens with one attached hydrogen (secondary N) is 1. The van der Waals surface area contributed by atoms with Crippen molar-refractivity contribution in [2.24, 2.45) is 0 Å². The summed E-state index contributed by atoms with van der Waals surface area (Å²) in [6.07, 6.45) is 0. The highest BCUT2D eigenvalue weighted by Crippen LogP contribution is 2.38. The minimum absolute atomic E-state index is 0.157. The van der Waals surface area contributed by atoms with Crippen LogP contribution in [-0.4, -0.2) is 16.1 Å². The van der Waals surface area contributed by atoms with E-state index in [1.54, 1.807) is 6.07 Å². The summed E-state index contributed by atoms with van der Waals surface area (Å²) >= 11 is 7.79. The van der Waals surface area contributed by atoms with Gasteiger partial charge < -0.3 is 5.32 Å². The number of amides is 1. The van der Waals surface area contributed by atoms with E-state index in [0.717, 1.165) is 27.9 Å². The van der Waals surface area contributed by atoms with Crippen LogP contribution in [0.25, 0.3) is 22.4 Å². The van der Waals surface area contributed by atoms with Crippen LogP contribution < -0.4 is 5.32 Å². The number of aryl methyl sites for hydroxylation is 2. The molecule has 35 heavy (non-hydrogen) atoms. The molecule has 1 unspecified atom stereocenters. The number of pyridine rings is 1. The van der Waals surface area contributed by atoms with Gasteiger partial charge in [0.05, 0.1) is 16.5 Å². The van der Waals surface area contributed by atoms with Gasteiger partial charge in [0.15, 0.2) is 0 Å². The number of carbonyl (C=O) groups excluding carboxylic acids is 1. The molecule has 0 saturated heterocycles. The number of hydrogen-bond donors (Lipinski definition) is 1. The average molecular weight is 498 g/mol. The van der Waals surface area contributed by atoms with E-state index < -0.39 is 5.25 Å². The number of aromatic nitrogens is 1. The topological polar surface area (TPSA) is 65.8 Å². The Morgan fingerprint density at radius 1 is 1.00 bits per heavy atom. The second-order valence-corrected chi connectivity index (χ2v) is 9.99. The molecule has 0 aliphatic carbocycles. The lowest BCUT2D eigenvalue weighted by atomic mass is 9.99. The van der Waals surface area contributed by atoms with E-state index in [0.29, 0.717) is 26.9 Å². The van der Waals surface area contributed by atoms with Gasteiger partial charge in [0, 0.05) is 27.4 Å². The van der Waals surface area contributed by atoms with Gasteiger partial charge in [-0.25, -0.2) is 4.98 Å². The van der Waals surface area contributed by atoms with E-state index in [-0.39, 0.29) is 5.91 Å². The van der Waals surface area contributed by atoms with E-state index in [1.165, 1.54) is 11.8 Å². The highest BCUT2D eigenvalue weighted by atomic mass is 35.5. The zero-order valence-electron chi connectivity index (χ0n) is 19.7. The van der Waals surface area contributed by atoms with Gasteiger partial charge in [0.1, 0.15) is 11.1 Å². The molecular weight excluding hydrogens is 474 g/mol. The highest BCUT2D eigenvalue weighted by Gasteiger charge is 2.22. The summed E-state index contributed by atoms with van der Waals surface area (Å²) < 4.78 is 0. The minimum atomic E-state index is -0.485. The van der Waals surface area contributed by atoms with Gasteiger partial charge in [0.25, 0.3) is 0 Å². The molecule has 1 N–H and O–H groups in total. The van der Waals surface area contributed by atoms with Crippen molar-refractivity contribution in [2.75, 3.05) is 5.32 Å². The molecule has 6 heteroatoms. The highest BCUT2D eigenvalue weighted by molar-refractivity contribution is 8.00. The van der Waals surface area contributed by atoms with Crippen LogP contribution in [0.1, 0.15) is 23.6 Å². The Labute approximate surface area is 215 Å². The zero-order valence-corrected chi connectivity index (χ0v) is 21.2. The molecule has 1 atom stereocenters. The summed E-state index contributed by atoms with van der Waals surface area (Å²) in [6.45, 7) is 5.79. The van der Waals surface area contributed by atoms with Gasteiger partial charge in [-0.15, -0.1) is 0 Å². The van der Waals surface area contributed by atoms with Gasteiger partial charge in [-0.2, -0.15) is 5.26 Å². The Kier molecular flexibility index (Phi) is 7.55. The molecule has 1 amide bonds. The standard InChI is InChI=1S/C29H24ClN3OS/c1-18-12-14-21(15-13-18)27-16-23(22-9-5-6-10-25(22)30)24(17-31)29(33-27)35-20(3)28(34)32-26-11-7-4-8-19(26)2/h4-16,20H,1-3H3,(H,32,34). The third-order valence-electron chi connectivity index (χ3n) is 5.67. The first-order valence-corrected chi connectivity index (χ1v) is 12.4. The van der Waals surface area contributed by atoms with E-state index in [9.17, 15) is 10.1 Å². The fraction of sp³-hybridized carbons (Fsp3) is 0.138. The lowest BCUT2D eigenvalue weighted by Crippen LogP contribution is -2.23. The van der Waals surface area contributed by atoms with Crippen LogP contribution in [0.4, 0.5) is 5.69 Å². The zero-order chi connectivity index (χ0) is 24.9. The number of thioether (sulfide) groups is 1. The fourth-order valence-electron chi connectivity index (χ4n) is 3.65. The predicted molar refractivity (Wildman–Crippen MR) is 145 cm³/mol. The molecule has 0 aliphatic heterocycles. The number of halogens is 1. The smallest absolute Gasteiger partial charge is 0.237 e. The third-order valence-corrected chi connectivity index (χ3v) is 7.09. The lowest BCUT2D eigenvalue weighted by Gasteiger charge is -2.17. The summed E-state index contributed by atoms with van der Waals surface area (Å²) in [5, 5.41) is 13.7. The Hall–Kier alpha value is -3.59. The first kappa shape index (κ1) is 24.5. The number of nitrogens with zero attached hydrogens (tertiary/aromatic N) is 2. The Bertz CT molecular complexity index is 1430. The molecule has 0 fully saturated rings. The number of rotatable bonds is 6. The maximum Gasteiger partial charge on any atom is 0.237 e. The van der Waals surface area contributed by atoms with Crippen molar-refractivity contribution in [2.45, 2.75) is 31.0 Å². The van der Waals surface area contributed by atoms with Gasteiger partial charge in [0.2, 0.25) is 5.91 Å². The van der Waals surface area contributed by atoms with Crippen LogP contribution in [0.5, 0.6) is 0 Å². The number of carbonyl (C=O) groups is 1. The summed E-state index contributed by atoms with van der Waals surface area (Å²) in [5.74, 6) is -0.157. The second kappa shape index (κ2) is 10.8. The summed E-state index contributed by atoms with van der Waals surface area (Å²) in [5.41, 5.74) is 6.37. The molecule has 0 radical (unpaired) electrons. The Morgan fingerprint density at radius 3 is 2.37 bits per heavy atom. The molecule has 1 heterocycles. The van der Waals surface area contributed by atoms with E-state index in [1.807, 2.05) is 93.6 Å². The summed E-state index contributed by atoms with van der Waals surface area (Å²) in [4.78, 5) is 17.8. The third kappa shape index (κ3) is 5.57. The molecule has 0 spiro atoms. The first-order chi connectivity index (χ1) is 16.9. The van der Waals surface area contributed by atoms with Crippen molar-refractivity contribution < 1.29 is 4.79 Å². The molecule has 1 aromatic heterocycles. The Morgan fingerprint density at radius 2 is 1.69 bits per heavy atom. The fourth-order valence-corrected chi connectivity index (χ4v) is 4.81. The second-order valence-electron chi connectivity index (χ2n) is 8.26. The quantitative estimate of drug-likeness (QED) is 0.277. The average Bonchev–Trinajstić information content (AvgIpc) is 2.85. The van der Waals surface area contributed by atoms with Crippen LogP contribution >= 0.6 is 23.4 Å². The van der Waals surface area contributed by atoms with Crippen molar-refractivity contribution in [3.8, 4) is 28.5 Å². The number of para-hydroxylation sites is 1. The van der Waals surface area contributed by atoms with Gasteiger partial charge >= 0.3 is 0 Å². The van der Waals surface area contributed by atoms with Crippen LogP contribution in [-0.2, 0) is 4.79 Å². The van der Waals surface area contributed by atoms with Crippen molar-refractivity contribution in [3.05, 3.63) is 101 Å².